The van der Waals surface area contributed by atoms with Crippen LogP contribution < -0.4 is 5.32 Å². The van der Waals surface area contributed by atoms with Gasteiger partial charge in [0.25, 0.3) is 0 Å². The molecule has 1 aliphatic rings. The van der Waals surface area contributed by atoms with Gasteiger partial charge in [0.15, 0.2) is 0 Å². The number of carbonyl (C=O) groups is 1. The Hall–Kier alpha value is -1.16. The highest BCUT2D eigenvalue weighted by molar-refractivity contribution is 5.76. The van der Waals surface area contributed by atoms with Gasteiger partial charge in [-0.3, -0.25) is 9.79 Å². The second-order valence-electron chi connectivity index (χ2n) is 6.22. The van der Waals surface area contributed by atoms with Crippen molar-refractivity contribution in [3.8, 4) is 0 Å². The van der Waals surface area contributed by atoms with Gasteiger partial charge in [-0.1, -0.05) is 19.4 Å². The van der Waals surface area contributed by atoms with Crippen molar-refractivity contribution in [2.24, 2.45) is 16.8 Å². The summed E-state index contributed by atoms with van der Waals surface area (Å²) in [5.74, 6) is 0.964. The van der Waals surface area contributed by atoms with Gasteiger partial charge >= 0.3 is 0 Å². The number of amides is 1. The normalized spacial score (nSPS) is 21.2. The van der Waals surface area contributed by atoms with Gasteiger partial charge in [-0.25, -0.2) is 0 Å². The van der Waals surface area contributed by atoms with E-state index in [0.29, 0.717) is 18.3 Å². The van der Waals surface area contributed by atoms with E-state index in [0.717, 1.165) is 32.6 Å². The number of ether oxygens (including phenoxy) is 1. The fourth-order valence-corrected chi connectivity index (χ4v) is 2.43. The van der Waals surface area contributed by atoms with Crippen molar-refractivity contribution in [3.05, 3.63) is 11.6 Å². The van der Waals surface area contributed by atoms with Crippen molar-refractivity contribution >= 4 is 12.1 Å². The number of nitrogens with zero attached hydrogens (tertiary/aromatic N) is 1. The molecule has 21 heavy (non-hydrogen) atoms. The zero-order valence-electron chi connectivity index (χ0n) is 13.9. The zero-order valence-corrected chi connectivity index (χ0v) is 13.9. The van der Waals surface area contributed by atoms with Crippen LogP contribution in [0.1, 0.15) is 47.0 Å². The maximum Gasteiger partial charge on any atom is 0.220 e. The van der Waals surface area contributed by atoms with Crippen molar-refractivity contribution in [2.75, 3.05) is 19.8 Å². The summed E-state index contributed by atoms with van der Waals surface area (Å²) in [4.78, 5) is 16.3. The molecule has 0 bridgehead atoms. The number of hydrogen-bond donors (Lipinski definition) is 1. The largest absolute Gasteiger partial charge is 0.381 e. The molecule has 4 heteroatoms. The van der Waals surface area contributed by atoms with Crippen molar-refractivity contribution in [3.63, 3.8) is 0 Å². The molecule has 1 saturated heterocycles. The Morgan fingerprint density at radius 2 is 2.24 bits per heavy atom. The molecule has 1 N–H and O–H groups in total. The minimum absolute atomic E-state index is 0.152. The molecule has 1 fully saturated rings. The molecule has 0 saturated carbocycles. The molecule has 1 heterocycles. The van der Waals surface area contributed by atoms with Gasteiger partial charge in [0.05, 0.1) is 0 Å². The van der Waals surface area contributed by atoms with Crippen LogP contribution in [0, 0.1) is 11.8 Å². The number of allylic oxidation sites excluding steroid dienone is 1. The summed E-state index contributed by atoms with van der Waals surface area (Å²) in [5.41, 5.74) is 1.25. The molecule has 0 aromatic rings. The standard InChI is InChI=1S/C17H30N2O2/c1-5-18-8-6-14(4)10-16(13(2)3)19-17(20)11-15-7-9-21-12-15/h6,8,13,15-16H,5,7,9-12H2,1-4H3,(H,19,20)/b14-6+,18-8?/t15?,16-/m0/s1. The Morgan fingerprint density at radius 1 is 1.48 bits per heavy atom. The van der Waals surface area contributed by atoms with Gasteiger partial charge in [0.1, 0.15) is 0 Å². The molecular formula is C17H30N2O2. The first-order valence-electron chi connectivity index (χ1n) is 8.05. The Balaban J connectivity index is 2.46. The van der Waals surface area contributed by atoms with Crippen LogP contribution in [0.5, 0.6) is 0 Å². The SMILES string of the molecule is CCN=C/C=C(\C)C[C@H](NC(=O)CC1CCOC1)C(C)C. The molecule has 1 aliphatic heterocycles. The lowest BCUT2D eigenvalue weighted by Gasteiger charge is -2.23. The summed E-state index contributed by atoms with van der Waals surface area (Å²) in [6, 6.07) is 0.186. The molecule has 1 rings (SSSR count). The quantitative estimate of drug-likeness (QED) is 0.700. The van der Waals surface area contributed by atoms with E-state index < -0.39 is 0 Å². The van der Waals surface area contributed by atoms with E-state index in [1.165, 1.54) is 5.57 Å². The maximum atomic E-state index is 12.1. The van der Waals surface area contributed by atoms with E-state index in [2.05, 4.69) is 31.1 Å². The van der Waals surface area contributed by atoms with E-state index in [1.807, 2.05) is 19.2 Å². The van der Waals surface area contributed by atoms with Gasteiger partial charge in [0.2, 0.25) is 5.91 Å². The molecule has 0 aromatic carbocycles. The zero-order chi connectivity index (χ0) is 15.7. The second-order valence-corrected chi connectivity index (χ2v) is 6.22. The van der Waals surface area contributed by atoms with E-state index in [-0.39, 0.29) is 11.9 Å². The van der Waals surface area contributed by atoms with E-state index in [4.69, 9.17) is 4.74 Å². The van der Waals surface area contributed by atoms with Crippen LogP contribution in [-0.4, -0.2) is 37.9 Å². The Kier molecular flexibility index (Phi) is 8.28. The molecule has 0 radical (unpaired) electrons. The highest BCUT2D eigenvalue weighted by Crippen LogP contribution is 2.17. The first-order valence-corrected chi connectivity index (χ1v) is 8.05. The van der Waals surface area contributed by atoms with Crippen LogP contribution in [0.3, 0.4) is 0 Å². The molecule has 120 valence electrons. The topological polar surface area (TPSA) is 50.7 Å². The molecule has 2 atom stereocenters. The van der Waals surface area contributed by atoms with Crippen LogP contribution in [0.2, 0.25) is 0 Å². The minimum atomic E-state index is 0.152. The van der Waals surface area contributed by atoms with Crippen molar-refractivity contribution in [1.29, 1.82) is 0 Å². The maximum absolute atomic E-state index is 12.1. The number of nitrogens with one attached hydrogen (secondary N) is 1. The summed E-state index contributed by atoms with van der Waals surface area (Å²) in [7, 11) is 0. The minimum Gasteiger partial charge on any atom is -0.381 e. The summed E-state index contributed by atoms with van der Waals surface area (Å²) in [6.45, 7) is 10.7. The third-order valence-electron chi connectivity index (χ3n) is 3.84. The summed E-state index contributed by atoms with van der Waals surface area (Å²) in [5, 5.41) is 3.18. The van der Waals surface area contributed by atoms with Crippen molar-refractivity contribution in [2.45, 2.75) is 53.0 Å². The smallest absolute Gasteiger partial charge is 0.220 e. The first kappa shape index (κ1) is 17.9. The Labute approximate surface area is 129 Å². The fourth-order valence-electron chi connectivity index (χ4n) is 2.43. The van der Waals surface area contributed by atoms with Gasteiger partial charge < -0.3 is 10.1 Å². The highest BCUT2D eigenvalue weighted by Gasteiger charge is 2.22. The molecule has 0 aromatic heterocycles. The average Bonchev–Trinajstić information content (AvgIpc) is 2.90. The third-order valence-corrected chi connectivity index (χ3v) is 3.84. The number of aliphatic imine (C=N–C) groups is 1. The second kappa shape index (κ2) is 9.72. The summed E-state index contributed by atoms with van der Waals surface area (Å²) >= 11 is 0. The average molecular weight is 294 g/mol. The lowest BCUT2D eigenvalue weighted by molar-refractivity contribution is -0.123. The lowest BCUT2D eigenvalue weighted by atomic mass is 9.96. The molecular weight excluding hydrogens is 264 g/mol. The van der Waals surface area contributed by atoms with Crippen molar-refractivity contribution in [1.82, 2.24) is 5.32 Å². The van der Waals surface area contributed by atoms with Crippen LogP contribution in [0.25, 0.3) is 0 Å². The first-order chi connectivity index (χ1) is 10.0. The monoisotopic (exact) mass is 294 g/mol. The summed E-state index contributed by atoms with van der Waals surface area (Å²) in [6.07, 6.45) is 6.36. The molecule has 1 amide bonds. The predicted molar refractivity (Wildman–Crippen MR) is 87.7 cm³/mol. The van der Waals surface area contributed by atoms with Gasteiger partial charge in [-0.2, -0.15) is 0 Å². The van der Waals surface area contributed by atoms with Crippen LogP contribution in [0.15, 0.2) is 16.6 Å². The third kappa shape index (κ3) is 7.42. The van der Waals surface area contributed by atoms with E-state index >= 15 is 0 Å². The lowest BCUT2D eigenvalue weighted by Crippen LogP contribution is -2.39. The molecule has 1 unspecified atom stereocenters. The van der Waals surface area contributed by atoms with Gasteiger partial charge in [-0.05, 0) is 44.6 Å². The van der Waals surface area contributed by atoms with E-state index in [1.54, 1.807) is 0 Å². The van der Waals surface area contributed by atoms with Crippen LogP contribution >= 0.6 is 0 Å². The van der Waals surface area contributed by atoms with Crippen molar-refractivity contribution < 1.29 is 9.53 Å². The number of carbonyl (C=O) groups excluding carboxylic acids is 1. The molecule has 0 aliphatic carbocycles. The number of rotatable bonds is 8. The van der Waals surface area contributed by atoms with Gasteiger partial charge in [-0.15, -0.1) is 0 Å². The van der Waals surface area contributed by atoms with Gasteiger partial charge in [0, 0.05) is 38.4 Å². The summed E-state index contributed by atoms with van der Waals surface area (Å²) < 4.78 is 5.33. The Morgan fingerprint density at radius 3 is 2.81 bits per heavy atom. The Bertz CT molecular complexity index is 369. The molecule has 0 spiro atoms. The molecule has 4 nitrogen and oxygen atoms in total. The van der Waals surface area contributed by atoms with E-state index in [9.17, 15) is 4.79 Å². The predicted octanol–water partition coefficient (Wildman–Crippen LogP) is 2.98. The highest BCUT2D eigenvalue weighted by atomic mass is 16.5. The van der Waals surface area contributed by atoms with Crippen LogP contribution in [0.4, 0.5) is 0 Å². The number of hydrogen-bond acceptors (Lipinski definition) is 3. The fraction of sp³-hybridized carbons (Fsp3) is 0.765. The van der Waals surface area contributed by atoms with Crippen LogP contribution in [-0.2, 0) is 9.53 Å².